The van der Waals surface area contributed by atoms with E-state index in [-0.39, 0.29) is 18.7 Å². The molecule has 1 atom stereocenters. The van der Waals surface area contributed by atoms with Gasteiger partial charge in [0.2, 0.25) is 6.79 Å². The minimum absolute atomic E-state index is 0.0137. The fourth-order valence-electron chi connectivity index (χ4n) is 3.38. The molecule has 3 aromatic carbocycles. The zero-order valence-electron chi connectivity index (χ0n) is 15.3. The van der Waals surface area contributed by atoms with Gasteiger partial charge in [-0.3, -0.25) is 4.79 Å². The van der Waals surface area contributed by atoms with Gasteiger partial charge in [-0.05, 0) is 35.4 Å². The Kier molecular flexibility index (Phi) is 4.94. The Morgan fingerprint density at radius 1 is 1.07 bits per heavy atom. The number of carbonyl (C=O) groups excluding carboxylic acids is 1. The van der Waals surface area contributed by atoms with Crippen molar-refractivity contribution in [1.29, 1.82) is 0 Å². The van der Waals surface area contributed by atoms with E-state index >= 15 is 0 Å². The molecule has 0 spiro atoms. The molecule has 4 rings (SSSR count). The van der Waals surface area contributed by atoms with E-state index in [1.807, 2.05) is 24.3 Å². The maximum absolute atomic E-state index is 12.3. The summed E-state index contributed by atoms with van der Waals surface area (Å²) in [4.78, 5) is 12.3. The minimum Gasteiger partial charge on any atom is -0.454 e. The Morgan fingerprint density at radius 2 is 1.89 bits per heavy atom. The maximum atomic E-state index is 12.3. The Morgan fingerprint density at radius 3 is 2.81 bits per heavy atom. The van der Waals surface area contributed by atoms with Gasteiger partial charge in [-0.15, -0.1) is 0 Å². The highest BCUT2D eigenvalue weighted by atomic mass is 16.7. The number of nitrogens with one attached hydrogen (secondary N) is 1. The van der Waals surface area contributed by atoms with Gasteiger partial charge in [0.25, 0.3) is 5.91 Å². The first-order valence-corrected chi connectivity index (χ1v) is 9.17. The number of benzene rings is 3. The minimum atomic E-state index is 0.0137. The summed E-state index contributed by atoms with van der Waals surface area (Å²) >= 11 is 0. The molecule has 1 heterocycles. The van der Waals surface area contributed by atoms with Gasteiger partial charge in [0.15, 0.2) is 18.0 Å². The van der Waals surface area contributed by atoms with Gasteiger partial charge in [-0.25, -0.2) is 0 Å². The van der Waals surface area contributed by atoms with Gasteiger partial charge < -0.3 is 20.1 Å². The molecule has 0 aliphatic carbocycles. The van der Waals surface area contributed by atoms with Crippen LogP contribution in [-0.4, -0.2) is 19.2 Å². The molecule has 1 aliphatic heterocycles. The molecule has 1 aliphatic rings. The van der Waals surface area contributed by atoms with Gasteiger partial charge in [-0.1, -0.05) is 48.5 Å². The number of carbonyl (C=O) groups is 1. The summed E-state index contributed by atoms with van der Waals surface area (Å²) in [6.07, 6.45) is 0. The maximum Gasteiger partial charge on any atom is 0.275 e. The SMILES string of the molecule is C[C@H]([NH2+]CC(=O)NCc1ccc2c(c1)OCO2)c1cccc2ccccc12. The summed E-state index contributed by atoms with van der Waals surface area (Å²) in [6, 6.07) is 20.6. The Bertz CT molecular complexity index is 965. The lowest BCUT2D eigenvalue weighted by Crippen LogP contribution is -2.87. The van der Waals surface area contributed by atoms with Gasteiger partial charge in [0, 0.05) is 12.1 Å². The highest BCUT2D eigenvalue weighted by Crippen LogP contribution is 2.32. The molecular formula is C22H23N2O3+. The smallest absolute Gasteiger partial charge is 0.275 e. The second-order valence-corrected chi connectivity index (χ2v) is 6.76. The third kappa shape index (κ3) is 3.88. The molecule has 0 aromatic heterocycles. The summed E-state index contributed by atoms with van der Waals surface area (Å²) in [5, 5.41) is 7.50. The summed E-state index contributed by atoms with van der Waals surface area (Å²) in [5.41, 5.74) is 2.24. The zero-order valence-corrected chi connectivity index (χ0v) is 15.3. The van der Waals surface area contributed by atoms with Gasteiger partial charge in [0.05, 0.1) is 0 Å². The van der Waals surface area contributed by atoms with Crippen LogP contribution in [0.5, 0.6) is 11.5 Å². The molecular weight excluding hydrogens is 340 g/mol. The van der Waals surface area contributed by atoms with Gasteiger partial charge in [0.1, 0.15) is 6.04 Å². The van der Waals surface area contributed by atoms with E-state index in [9.17, 15) is 4.79 Å². The number of ether oxygens (including phenoxy) is 2. The van der Waals surface area contributed by atoms with Gasteiger partial charge >= 0.3 is 0 Å². The molecule has 0 radical (unpaired) electrons. The predicted molar refractivity (Wildman–Crippen MR) is 104 cm³/mol. The quantitative estimate of drug-likeness (QED) is 0.707. The highest BCUT2D eigenvalue weighted by molar-refractivity contribution is 5.86. The van der Waals surface area contributed by atoms with Crippen molar-refractivity contribution in [3.8, 4) is 11.5 Å². The van der Waals surface area contributed by atoms with E-state index in [1.165, 1.54) is 16.3 Å². The average Bonchev–Trinajstić information content (AvgIpc) is 3.18. The van der Waals surface area contributed by atoms with Crippen LogP contribution in [0.2, 0.25) is 0 Å². The van der Waals surface area contributed by atoms with E-state index in [0.29, 0.717) is 13.1 Å². The molecule has 0 unspecified atom stereocenters. The number of fused-ring (bicyclic) bond motifs is 2. The molecule has 5 nitrogen and oxygen atoms in total. The van der Waals surface area contributed by atoms with Crippen molar-refractivity contribution in [3.05, 3.63) is 71.8 Å². The molecule has 27 heavy (non-hydrogen) atoms. The van der Waals surface area contributed by atoms with Crippen LogP contribution in [0.1, 0.15) is 24.1 Å². The molecule has 0 bridgehead atoms. The summed E-state index contributed by atoms with van der Waals surface area (Å²) in [6.45, 7) is 3.25. The van der Waals surface area contributed by atoms with Crippen LogP contribution in [0.15, 0.2) is 60.7 Å². The molecule has 0 fully saturated rings. The summed E-state index contributed by atoms with van der Waals surface area (Å²) in [7, 11) is 0. The lowest BCUT2D eigenvalue weighted by Gasteiger charge is -2.14. The molecule has 0 saturated heterocycles. The van der Waals surface area contributed by atoms with Gasteiger partial charge in [-0.2, -0.15) is 0 Å². The van der Waals surface area contributed by atoms with E-state index in [4.69, 9.17) is 9.47 Å². The molecule has 0 saturated carbocycles. The fourth-order valence-corrected chi connectivity index (χ4v) is 3.38. The second-order valence-electron chi connectivity index (χ2n) is 6.76. The average molecular weight is 363 g/mol. The summed E-state index contributed by atoms with van der Waals surface area (Å²) < 4.78 is 10.7. The number of amides is 1. The molecule has 3 aromatic rings. The number of nitrogens with two attached hydrogens (primary N) is 1. The monoisotopic (exact) mass is 363 g/mol. The van der Waals surface area contributed by atoms with Crippen molar-refractivity contribution in [2.24, 2.45) is 0 Å². The lowest BCUT2D eigenvalue weighted by molar-refractivity contribution is -0.682. The molecule has 3 N–H and O–H groups in total. The van der Waals surface area contributed by atoms with Crippen LogP contribution < -0.4 is 20.1 Å². The number of hydrogen-bond donors (Lipinski definition) is 2. The number of hydrogen-bond acceptors (Lipinski definition) is 3. The van der Waals surface area contributed by atoms with Crippen molar-refractivity contribution in [2.75, 3.05) is 13.3 Å². The fraction of sp³-hybridized carbons (Fsp3) is 0.227. The Labute approximate surface area is 158 Å². The zero-order chi connectivity index (χ0) is 18.6. The highest BCUT2D eigenvalue weighted by Gasteiger charge is 2.15. The van der Waals surface area contributed by atoms with Crippen LogP contribution in [0.4, 0.5) is 0 Å². The van der Waals surface area contributed by atoms with Crippen molar-refractivity contribution < 1.29 is 19.6 Å². The van der Waals surface area contributed by atoms with Crippen molar-refractivity contribution in [2.45, 2.75) is 19.5 Å². The van der Waals surface area contributed by atoms with E-state index in [0.717, 1.165) is 17.1 Å². The molecule has 1 amide bonds. The first kappa shape index (κ1) is 17.4. The summed E-state index contributed by atoms with van der Waals surface area (Å²) in [5.74, 6) is 1.50. The normalized spacial score (nSPS) is 13.5. The number of rotatable bonds is 6. The predicted octanol–water partition coefficient (Wildman–Crippen LogP) is 2.51. The second kappa shape index (κ2) is 7.68. The Hall–Kier alpha value is -3.05. The van der Waals surface area contributed by atoms with Crippen molar-refractivity contribution >= 4 is 16.7 Å². The first-order valence-electron chi connectivity index (χ1n) is 9.17. The third-order valence-corrected chi connectivity index (χ3v) is 4.90. The third-order valence-electron chi connectivity index (χ3n) is 4.90. The van der Waals surface area contributed by atoms with Crippen LogP contribution in [0, 0.1) is 0 Å². The largest absolute Gasteiger partial charge is 0.454 e. The van der Waals surface area contributed by atoms with E-state index < -0.39 is 0 Å². The van der Waals surface area contributed by atoms with Crippen molar-refractivity contribution in [1.82, 2.24) is 5.32 Å². The number of quaternary nitrogens is 1. The standard InChI is InChI=1S/C22H22N2O3/c1-15(18-8-4-6-17-5-2-3-7-19(17)18)23-13-22(25)24-12-16-9-10-20-21(11-16)27-14-26-20/h2-11,15,23H,12-14H2,1H3,(H,24,25)/p+1/t15-/m0/s1. The van der Waals surface area contributed by atoms with E-state index in [2.05, 4.69) is 54.0 Å². The van der Waals surface area contributed by atoms with Crippen LogP contribution in [0.25, 0.3) is 10.8 Å². The molecule has 138 valence electrons. The van der Waals surface area contributed by atoms with E-state index in [1.54, 1.807) is 0 Å². The topological polar surface area (TPSA) is 64.2 Å². The lowest BCUT2D eigenvalue weighted by atomic mass is 10.00. The first-order chi connectivity index (χ1) is 13.2. The van der Waals surface area contributed by atoms with Crippen LogP contribution in [0.3, 0.4) is 0 Å². The van der Waals surface area contributed by atoms with Crippen LogP contribution in [-0.2, 0) is 11.3 Å². The molecule has 5 heteroatoms. The Balaban J connectivity index is 1.32. The van der Waals surface area contributed by atoms with Crippen LogP contribution >= 0.6 is 0 Å². The van der Waals surface area contributed by atoms with Crippen molar-refractivity contribution in [3.63, 3.8) is 0 Å².